The van der Waals surface area contributed by atoms with Crippen LogP contribution in [0.25, 0.3) is 0 Å². The lowest BCUT2D eigenvalue weighted by molar-refractivity contribution is 0.0944. The van der Waals surface area contributed by atoms with Crippen molar-refractivity contribution in [3.63, 3.8) is 0 Å². The predicted molar refractivity (Wildman–Crippen MR) is 97.6 cm³/mol. The molecule has 0 bridgehead atoms. The van der Waals surface area contributed by atoms with E-state index in [0.717, 1.165) is 18.5 Å². The molecule has 0 fully saturated rings. The average Bonchev–Trinajstić information content (AvgIpc) is 2.60. The second kappa shape index (κ2) is 8.83. The number of fused-ring (bicyclic) bond motifs is 1. The highest BCUT2D eigenvalue weighted by molar-refractivity contribution is 5.95. The van der Waals surface area contributed by atoms with Gasteiger partial charge in [-0.1, -0.05) is 42.5 Å². The molecule has 0 saturated carbocycles. The number of rotatable bonds is 5. The molecule has 1 unspecified atom stereocenters. The van der Waals surface area contributed by atoms with Crippen molar-refractivity contribution in [2.75, 3.05) is 20.2 Å². The Bertz CT molecular complexity index is 691. The minimum Gasteiger partial charge on any atom is -0.380 e. The topological polar surface area (TPSA) is 50.4 Å². The van der Waals surface area contributed by atoms with Gasteiger partial charge in [0.1, 0.15) is 0 Å². The molecule has 0 radical (unpaired) electrons. The Labute approximate surface area is 149 Å². The molecule has 1 amide bonds. The molecule has 128 valence electrons. The highest BCUT2D eigenvalue weighted by Crippen LogP contribution is 2.22. The Morgan fingerprint density at radius 2 is 1.96 bits per heavy atom. The predicted octanol–water partition coefficient (Wildman–Crippen LogP) is 2.87. The Morgan fingerprint density at radius 1 is 1.21 bits per heavy atom. The van der Waals surface area contributed by atoms with Gasteiger partial charge < -0.3 is 15.4 Å². The maximum atomic E-state index is 12.5. The summed E-state index contributed by atoms with van der Waals surface area (Å²) >= 11 is 0. The van der Waals surface area contributed by atoms with Gasteiger partial charge in [0.05, 0.1) is 6.61 Å². The second-order valence-electron chi connectivity index (χ2n) is 5.76. The zero-order chi connectivity index (χ0) is 16.1. The molecular weight excluding hydrogens is 324 g/mol. The summed E-state index contributed by atoms with van der Waals surface area (Å²) in [7, 11) is 1.64. The summed E-state index contributed by atoms with van der Waals surface area (Å²) in [6, 6.07) is 16.1. The summed E-state index contributed by atoms with van der Waals surface area (Å²) in [6.45, 7) is 1.96. The molecule has 24 heavy (non-hydrogen) atoms. The van der Waals surface area contributed by atoms with Crippen molar-refractivity contribution >= 4 is 18.3 Å². The Hall–Kier alpha value is -1.88. The van der Waals surface area contributed by atoms with Crippen LogP contribution in [0.3, 0.4) is 0 Å². The lowest BCUT2D eigenvalue weighted by Gasteiger charge is -2.27. The normalized spacial score (nSPS) is 16.0. The van der Waals surface area contributed by atoms with Gasteiger partial charge in [0, 0.05) is 25.3 Å². The van der Waals surface area contributed by atoms with E-state index < -0.39 is 0 Å². The smallest absolute Gasteiger partial charge is 0.251 e. The van der Waals surface area contributed by atoms with Gasteiger partial charge in [0.15, 0.2) is 0 Å². The minimum absolute atomic E-state index is 0. The van der Waals surface area contributed by atoms with E-state index in [0.29, 0.717) is 18.7 Å². The van der Waals surface area contributed by atoms with Crippen molar-refractivity contribution in [1.82, 2.24) is 10.6 Å². The molecule has 2 aromatic rings. The number of amides is 1. The largest absolute Gasteiger partial charge is 0.380 e. The van der Waals surface area contributed by atoms with Gasteiger partial charge in [0.25, 0.3) is 5.91 Å². The lowest BCUT2D eigenvalue weighted by Crippen LogP contribution is -2.39. The van der Waals surface area contributed by atoms with Crippen LogP contribution in [-0.4, -0.2) is 26.1 Å². The van der Waals surface area contributed by atoms with Gasteiger partial charge in [-0.05, 0) is 35.7 Å². The van der Waals surface area contributed by atoms with Crippen molar-refractivity contribution < 1.29 is 9.53 Å². The molecule has 0 aliphatic carbocycles. The highest BCUT2D eigenvalue weighted by Gasteiger charge is 2.20. The first-order chi connectivity index (χ1) is 11.3. The van der Waals surface area contributed by atoms with Crippen LogP contribution in [0.2, 0.25) is 0 Å². The van der Waals surface area contributed by atoms with Crippen LogP contribution >= 0.6 is 12.4 Å². The van der Waals surface area contributed by atoms with Crippen molar-refractivity contribution in [2.24, 2.45) is 0 Å². The molecule has 4 nitrogen and oxygen atoms in total. The van der Waals surface area contributed by atoms with E-state index in [4.69, 9.17) is 4.74 Å². The maximum Gasteiger partial charge on any atom is 0.251 e. The molecule has 3 rings (SSSR count). The third kappa shape index (κ3) is 4.15. The van der Waals surface area contributed by atoms with Gasteiger partial charge in [-0.2, -0.15) is 0 Å². The first-order valence-corrected chi connectivity index (χ1v) is 7.96. The quantitative estimate of drug-likeness (QED) is 0.875. The molecule has 2 aromatic carbocycles. The molecule has 1 heterocycles. The van der Waals surface area contributed by atoms with Crippen LogP contribution in [0.5, 0.6) is 0 Å². The van der Waals surface area contributed by atoms with Gasteiger partial charge in [-0.15, -0.1) is 12.4 Å². The third-order valence-electron chi connectivity index (χ3n) is 4.24. The fourth-order valence-electron chi connectivity index (χ4n) is 3.09. The first-order valence-electron chi connectivity index (χ1n) is 7.96. The number of hydrogen-bond acceptors (Lipinski definition) is 3. The van der Waals surface area contributed by atoms with Gasteiger partial charge in [0.2, 0.25) is 0 Å². The fraction of sp³-hybridized carbons (Fsp3) is 0.316. The van der Waals surface area contributed by atoms with Crippen LogP contribution in [0, 0.1) is 0 Å². The minimum atomic E-state index is -0.0532. The summed E-state index contributed by atoms with van der Waals surface area (Å²) in [4.78, 5) is 12.5. The number of hydrogen-bond donors (Lipinski definition) is 2. The SMILES string of the molecule is COCc1ccccc1C(=O)NCC1NCCc2ccccc21.Cl. The fourth-order valence-corrected chi connectivity index (χ4v) is 3.09. The average molecular weight is 347 g/mol. The summed E-state index contributed by atoms with van der Waals surface area (Å²) in [5.41, 5.74) is 4.23. The maximum absolute atomic E-state index is 12.5. The van der Waals surface area contributed by atoms with Gasteiger partial charge >= 0.3 is 0 Å². The first kappa shape index (κ1) is 18.5. The number of ether oxygens (including phenoxy) is 1. The molecule has 1 aliphatic rings. The molecule has 0 saturated heterocycles. The van der Waals surface area contributed by atoms with E-state index in [1.807, 2.05) is 24.3 Å². The Kier molecular flexibility index (Phi) is 6.79. The van der Waals surface area contributed by atoms with E-state index in [-0.39, 0.29) is 24.4 Å². The van der Waals surface area contributed by atoms with E-state index in [1.165, 1.54) is 11.1 Å². The summed E-state index contributed by atoms with van der Waals surface area (Å²) < 4.78 is 5.17. The van der Waals surface area contributed by atoms with Crippen LogP contribution in [-0.2, 0) is 17.8 Å². The second-order valence-corrected chi connectivity index (χ2v) is 5.76. The molecular formula is C19H23ClN2O2. The summed E-state index contributed by atoms with van der Waals surface area (Å²) in [6.07, 6.45) is 1.04. The highest BCUT2D eigenvalue weighted by atomic mass is 35.5. The van der Waals surface area contributed by atoms with Gasteiger partial charge in [-0.25, -0.2) is 0 Å². The molecule has 0 spiro atoms. The number of carbonyl (C=O) groups is 1. The monoisotopic (exact) mass is 346 g/mol. The molecule has 2 N–H and O–H groups in total. The molecule has 1 aliphatic heterocycles. The van der Waals surface area contributed by atoms with Crippen LogP contribution in [0.15, 0.2) is 48.5 Å². The number of halogens is 1. The zero-order valence-electron chi connectivity index (χ0n) is 13.7. The summed E-state index contributed by atoms with van der Waals surface area (Å²) in [5.74, 6) is -0.0532. The van der Waals surface area contributed by atoms with E-state index in [2.05, 4.69) is 34.9 Å². The van der Waals surface area contributed by atoms with Crippen LogP contribution in [0.1, 0.15) is 33.1 Å². The van der Waals surface area contributed by atoms with E-state index in [9.17, 15) is 4.79 Å². The van der Waals surface area contributed by atoms with Crippen molar-refractivity contribution in [3.05, 3.63) is 70.8 Å². The van der Waals surface area contributed by atoms with E-state index >= 15 is 0 Å². The zero-order valence-corrected chi connectivity index (χ0v) is 14.6. The van der Waals surface area contributed by atoms with Crippen LogP contribution < -0.4 is 10.6 Å². The number of benzene rings is 2. The van der Waals surface area contributed by atoms with Gasteiger partial charge in [-0.3, -0.25) is 4.79 Å². The van der Waals surface area contributed by atoms with Crippen molar-refractivity contribution in [2.45, 2.75) is 19.1 Å². The Morgan fingerprint density at radius 3 is 2.79 bits per heavy atom. The molecule has 0 aromatic heterocycles. The van der Waals surface area contributed by atoms with E-state index in [1.54, 1.807) is 7.11 Å². The van der Waals surface area contributed by atoms with Crippen molar-refractivity contribution in [1.29, 1.82) is 0 Å². The third-order valence-corrected chi connectivity index (χ3v) is 4.24. The summed E-state index contributed by atoms with van der Waals surface area (Å²) in [5, 5.41) is 6.53. The Balaban J connectivity index is 0.00000208. The van der Waals surface area contributed by atoms with Crippen LogP contribution in [0.4, 0.5) is 0 Å². The lowest BCUT2D eigenvalue weighted by atomic mass is 9.94. The molecule has 1 atom stereocenters. The van der Waals surface area contributed by atoms with Crippen molar-refractivity contribution in [3.8, 4) is 0 Å². The standard InChI is InChI=1S/C19H22N2O2.ClH/c1-23-13-15-7-3-5-9-17(15)19(22)21-12-18-16-8-4-2-6-14(16)10-11-20-18;/h2-9,18,20H,10-13H2,1H3,(H,21,22);1H. The molecule has 5 heteroatoms. The number of methoxy groups -OCH3 is 1. The number of carbonyl (C=O) groups excluding carboxylic acids is 1. The number of nitrogens with one attached hydrogen (secondary N) is 2.